The molecule has 0 aromatic heterocycles. The summed E-state index contributed by atoms with van der Waals surface area (Å²) >= 11 is 0. The molecule has 0 bridgehead atoms. The molecule has 2 aliphatic rings. The maximum absolute atomic E-state index is 12.6. The van der Waals surface area contributed by atoms with Crippen LogP contribution in [0.4, 0.5) is 0 Å². The average Bonchev–Trinajstić information content (AvgIpc) is 2.95. The van der Waals surface area contributed by atoms with Gasteiger partial charge in [0.05, 0.1) is 13.2 Å². The molecular formula is C13H18N2O4. The van der Waals surface area contributed by atoms with E-state index in [0.29, 0.717) is 39.0 Å². The van der Waals surface area contributed by atoms with Crippen LogP contribution in [0.3, 0.4) is 0 Å². The maximum Gasteiger partial charge on any atom is 0.328 e. The molecule has 1 unspecified atom stereocenters. The van der Waals surface area contributed by atoms with Gasteiger partial charge in [-0.25, -0.2) is 4.79 Å². The maximum atomic E-state index is 12.6. The third-order valence-corrected chi connectivity index (χ3v) is 3.96. The van der Waals surface area contributed by atoms with Crippen LogP contribution in [0.5, 0.6) is 0 Å². The molecule has 2 rings (SSSR count). The number of hydrogen-bond donors (Lipinski definition) is 0. The van der Waals surface area contributed by atoms with Gasteiger partial charge >= 0.3 is 5.97 Å². The summed E-state index contributed by atoms with van der Waals surface area (Å²) in [6, 6.07) is 1.61. The zero-order valence-electron chi connectivity index (χ0n) is 11.1. The molecule has 6 heteroatoms. The molecule has 0 aromatic carbocycles. The third kappa shape index (κ3) is 2.43. The quantitative estimate of drug-likeness (QED) is 0.679. The first-order valence-electron chi connectivity index (χ1n) is 6.52. The van der Waals surface area contributed by atoms with E-state index in [0.717, 1.165) is 6.42 Å². The van der Waals surface area contributed by atoms with Crippen LogP contribution in [0.25, 0.3) is 0 Å². The lowest BCUT2D eigenvalue weighted by atomic mass is 9.80. The van der Waals surface area contributed by atoms with Gasteiger partial charge in [-0.2, -0.15) is 5.26 Å². The van der Waals surface area contributed by atoms with E-state index in [1.165, 1.54) is 12.0 Å². The number of ether oxygens (including phenoxy) is 2. The molecule has 6 nitrogen and oxygen atoms in total. The molecule has 2 saturated heterocycles. The van der Waals surface area contributed by atoms with Crippen molar-refractivity contribution in [2.45, 2.75) is 31.7 Å². The molecule has 0 N–H and O–H groups in total. The van der Waals surface area contributed by atoms with Crippen molar-refractivity contribution < 1.29 is 19.1 Å². The molecule has 1 amide bonds. The number of nitriles is 1. The van der Waals surface area contributed by atoms with Crippen molar-refractivity contribution >= 4 is 11.9 Å². The summed E-state index contributed by atoms with van der Waals surface area (Å²) in [5.74, 6) is -0.641. The fourth-order valence-corrected chi connectivity index (χ4v) is 2.76. The number of methoxy groups -OCH3 is 1. The molecule has 2 aliphatic heterocycles. The van der Waals surface area contributed by atoms with E-state index >= 15 is 0 Å². The van der Waals surface area contributed by atoms with E-state index in [9.17, 15) is 14.9 Å². The van der Waals surface area contributed by atoms with E-state index in [-0.39, 0.29) is 5.91 Å². The molecule has 0 aromatic rings. The van der Waals surface area contributed by atoms with Gasteiger partial charge in [-0.3, -0.25) is 4.79 Å². The first-order chi connectivity index (χ1) is 9.14. The predicted molar refractivity (Wildman–Crippen MR) is 64.9 cm³/mol. The number of nitrogens with zero attached hydrogens (tertiary/aromatic N) is 2. The lowest BCUT2D eigenvalue weighted by Crippen LogP contribution is -2.50. The van der Waals surface area contributed by atoms with Crippen molar-refractivity contribution in [1.29, 1.82) is 5.26 Å². The summed E-state index contributed by atoms with van der Waals surface area (Å²) in [5.41, 5.74) is -1.03. The van der Waals surface area contributed by atoms with Crippen LogP contribution in [-0.4, -0.2) is 49.7 Å². The Hall–Kier alpha value is -1.61. The monoisotopic (exact) mass is 266 g/mol. The Bertz CT molecular complexity index is 409. The minimum atomic E-state index is -1.03. The number of carbonyl (C=O) groups excluding carboxylic acids is 2. The fourth-order valence-electron chi connectivity index (χ4n) is 2.76. The number of hydrogen-bond acceptors (Lipinski definition) is 5. The second-order valence-electron chi connectivity index (χ2n) is 4.99. The summed E-state index contributed by atoms with van der Waals surface area (Å²) in [7, 11) is 1.32. The highest BCUT2D eigenvalue weighted by Gasteiger charge is 2.47. The van der Waals surface area contributed by atoms with Crippen molar-refractivity contribution in [3.05, 3.63) is 0 Å². The first kappa shape index (κ1) is 13.8. The normalized spacial score (nSPS) is 25.7. The van der Waals surface area contributed by atoms with E-state index in [1.807, 2.05) is 0 Å². The molecule has 0 saturated carbocycles. The van der Waals surface area contributed by atoms with E-state index < -0.39 is 17.4 Å². The van der Waals surface area contributed by atoms with Gasteiger partial charge in [-0.1, -0.05) is 0 Å². The zero-order valence-corrected chi connectivity index (χ0v) is 11.1. The Labute approximate surface area is 112 Å². The zero-order chi connectivity index (χ0) is 13.9. The molecule has 0 spiro atoms. The lowest BCUT2D eigenvalue weighted by Gasteiger charge is -2.34. The van der Waals surface area contributed by atoms with Crippen LogP contribution < -0.4 is 0 Å². The molecular weight excluding hydrogens is 248 g/mol. The molecule has 0 aliphatic carbocycles. The lowest BCUT2D eigenvalue weighted by molar-refractivity contribution is -0.155. The smallest absolute Gasteiger partial charge is 0.328 e. The predicted octanol–water partition coefficient (Wildman–Crippen LogP) is 0.471. The van der Waals surface area contributed by atoms with E-state index in [4.69, 9.17) is 9.47 Å². The van der Waals surface area contributed by atoms with Gasteiger partial charge in [0.1, 0.15) is 11.5 Å². The Balaban J connectivity index is 2.18. The highest BCUT2D eigenvalue weighted by molar-refractivity contribution is 5.90. The molecule has 1 atom stereocenters. The minimum absolute atomic E-state index is 0.244. The number of rotatable bonds is 2. The number of likely N-dealkylation sites (tertiary alicyclic amines) is 1. The molecule has 2 fully saturated rings. The standard InChI is InChI=1S/C13H18N2O4/c1-18-11(16)10-3-2-6-15(10)12(17)13(9-14)4-7-19-8-5-13/h10H,2-8H2,1H3. The van der Waals surface area contributed by atoms with Crippen molar-refractivity contribution in [3.63, 3.8) is 0 Å². The van der Waals surface area contributed by atoms with Crippen molar-refractivity contribution in [3.8, 4) is 6.07 Å². The first-order valence-corrected chi connectivity index (χ1v) is 6.52. The van der Waals surface area contributed by atoms with E-state index in [2.05, 4.69) is 6.07 Å². The Morgan fingerprint density at radius 2 is 2.11 bits per heavy atom. The van der Waals surface area contributed by atoms with Crippen LogP contribution in [0.15, 0.2) is 0 Å². The van der Waals surface area contributed by atoms with Crippen molar-refractivity contribution in [2.75, 3.05) is 26.9 Å². The summed E-state index contributed by atoms with van der Waals surface area (Å²) in [5, 5.41) is 9.39. The van der Waals surface area contributed by atoms with Gasteiger partial charge in [-0.15, -0.1) is 0 Å². The molecule has 0 radical (unpaired) electrons. The van der Waals surface area contributed by atoms with E-state index in [1.54, 1.807) is 0 Å². The van der Waals surface area contributed by atoms with Gasteiger partial charge in [0.2, 0.25) is 5.91 Å². The molecule has 104 valence electrons. The third-order valence-electron chi connectivity index (χ3n) is 3.96. The van der Waals surface area contributed by atoms with Crippen LogP contribution in [-0.2, 0) is 19.1 Å². The topological polar surface area (TPSA) is 79.6 Å². The van der Waals surface area contributed by atoms with Gasteiger partial charge in [0.25, 0.3) is 0 Å². The Morgan fingerprint density at radius 1 is 1.42 bits per heavy atom. The van der Waals surface area contributed by atoms with Gasteiger partial charge in [-0.05, 0) is 25.7 Å². The van der Waals surface area contributed by atoms with Crippen LogP contribution in [0, 0.1) is 16.7 Å². The largest absolute Gasteiger partial charge is 0.467 e. The average molecular weight is 266 g/mol. The summed E-state index contributed by atoms with van der Waals surface area (Å²) < 4.78 is 9.95. The SMILES string of the molecule is COC(=O)C1CCCN1C(=O)C1(C#N)CCOCC1. The minimum Gasteiger partial charge on any atom is -0.467 e. The number of amides is 1. The molecule has 19 heavy (non-hydrogen) atoms. The van der Waals surface area contributed by atoms with Crippen molar-refractivity contribution in [2.24, 2.45) is 5.41 Å². The fraction of sp³-hybridized carbons (Fsp3) is 0.769. The van der Waals surface area contributed by atoms with Gasteiger partial charge in [0.15, 0.2) is 0 Å². The number of esters is 1. The summed E-state index contributed by atoms with van der Waals surface area (Å²) in [4.78, 5) is 25.8. The van der Waals surface area contributed by atoms with Crippen LogP contribution in [0.2, 0.25) is 0 Å². The van der Waals surface area contributed by atoms with Gasteiger partial charge < -0.3 is 14.4 Å². The summed E-state index contributed by atoms with van der Waals surface area (Å²) in [6.45, 7) is 1.34. The highest BCUT2D eigenvalue weighted by atomic mass is 16.5. The second-order valence-corrected chi connectivity index (χ2v) is 4.99. The van der Waals surface area contributed by atoms with Crippen molar-refractivity contribution in [1.82, 2.24) is 4.90 Å². The number of carbonyl (C=O) groups is 2. The summed E-state index contributed by atoms with van der Waals surface area (Å²) in [6.07, 6.45) is 2.17. The second kappa shape index (κ2) is 5.57. The van der Waals surface area contributed by atoms with Crippen LogP contribution in [0.1, 0.15) is 25.7 Å². The van der Waals surface area contributed by atoms with Gasteiger partial charge in [0, 0.05) is 19.8 Å². The molecule has 2 heterocycles. The Morgan fingerprint density at radius 3 is 2.68 bits per heavy atom. The van der Waals surface area contributed by atoms with Crippen LogP contribution >= 0.6 is 0 Å². The Kier molecular flexibility index (Phi) is 4.05. The highest BCUT2D eigenvalue weighted by Crippen LogP contribution is 2.34.